The molecule has 2 heterocycles. The molecule has 5 aromatic rings. The highest BCUT2D eigenvalue weighted by molar-refractivity contribution is 5.63. The number of aromatic nitrogens is 2. The molecule has 0 saturated carbocycles. The maximum Gasteiger partial charge on any atom is 0.416 e. The monoisotopic (exact) mass is 626 g/mol. The molecule has 46 heavy (non-hydrogen) atoms. The van der Waals surface area contributed by atoms with Gasteiger partial charge in [-0.05, 0) is 52.6 Å². The molecule has 10 heteroatoms. The second-order valence-electron chi connectivity index (χ2n) is 11.2. The first-order valence-corrected chi connectivity index (χ1v) is 15.0. The summed E-state index contributed by atoms with van der Waals surface area (Å²) in [5, 5.41) is 0. The lowest BCUT2D eigenvalue weighted by Gasteiger charge is -2.38. The summed E-state index contributed by atoms with van der Waals surface area (Å²) in [4.78, 5) is 31.4. The Morgan fingerprint density at radius 3 is 1.87 bits per heavy atom. The number of nitrogens with zero attached hydrogens (tertiary/aromatic N) is 4. The van der Waals surface area contributed by atoms with Gasteiger partial charge in [-0.25, -0.2) is 4.79 Å². The van der Waals surface area contributed by atoms with Gasteiger partial charge in [0.25, 0.3) is 5.56 Å². The Bertz CT molecular complexity index is 1910. The number of rotatable bonds is 8. The van der Waals surface area contributed by atoms with Crippen LogP contribution in [0.15, 0.2) is 119 Å². The van der Waals surface area contributed by atoms with Crippen molar-refractivity contribution in [3.8, 4) is 16.9 Å². The number of benzene rings is 4. The summed E-state index contributed by atoms with van der Waals surface area (Å²) >= 11 is 0. The fraction of sp³-hybridized carbons (Fsp3) is 0.222. The standard InChI is InChI=1S/C36H33F3N4O3/c1-46-32-16-12-27(13-17-32)24-42-33(41-20-18-40(19-21-41)31-9-5-8-30(22-31)36(37,38)39)23-34(44)43(35(42)45)25-26-10-14-29(15-11-26)28-6-3-2-4-7-28/h2-17,22-23H,18-21,24-25H2,1H3. The second-order valence-corrected chi connectivity index (χ2v) is 11.2. The molecule has 1 saturated heterocycles. The molecule has 7 nitrogen and oxygen atoms in total. The second kappa shape index (κ2) is 13.0. The minimum absolute atomic E-state index is 0.110. The average Bonchev–Trinajstić information content (AvgIpc) is 3.08. The van der Waals surface area contributed by atoms with Crippen molar-refractivity contribution in [3.05, 3.63) is 147 Å². The zero-order valence-electron chi connectivity index (χ0n) is 25.3. The van der Waals surface area contributed by atoms with E-state index in [9.17, 15) is 22.8 Å². The summed E-state index contributed by atoms with van der Waals surface area (Å²) in [5.74, 6) is 1.16. The largest absolute Gasteiger partial charge is 0.497 e. The van der Waals surface area contributed by atoms with Gasteiger partial charge in [-0.3, -0.25) is 13.9 Å². The third-order valence-corrected chi connectivity index (χ3v) is 8.30. The molecule has 0 atom stereocenters. The van der Waals surface area contributed by atoms with Crippen LogP contribution in [0.25, 0.3) is 11.1 Å². The molecular formula is C36H33F3N4O3. The lowest BCUT2D eigenvalue weighted by molar-refractivity contribution is -0.137. The van der Waals surface area contributed by atoms with Gasteiger partial charge in [-0.2, -0.15) is 13.2 Å². The first-order valence-electron chi connectivity index (χ1n) is 15.0. The number of methoxy groups -OCH3 is 1. The van der Waals surface area contributed by atoms with Crippen LogP contribution >= 0.6 is 0 Å². The van der Waals surface area contributed by atoms with E-state index in [2.05, 4.69) is 0 Å². The first-order chi connectivity index (χ1) is 22.2. The highest BCUT2D eigenvalue weighted by atomic mass is 19.4. The summed E-state index contributed by atoms with van der Waals surface area (Å²) in [5.41, 5.74) is 2.71. The third-order valence-electron chi connectivity index (χ3n) is 8.30. The molecule has 1 aliphatic rings. The van der Waals surface area contributed by atoms with E-state index in [-0.39, 0.29) is 13.1 Å². The van der Waals surface area contributed by atoms with Crippen molar-refractivity contribution in [2.45, 2.75) is 19.3 Å². The Morgan fingerprint density at radius 2 is 1.24 bits per heavy atom. The van der Waals surface area contributed by atoms with E-state index < -0.39 is 23.0 Å². The van der Waals surface area contributed by atoms with Gasteiger partial charge in [0, 0.05) is 37.9 Å². The third kappa shape index (κ3) is 6.71. The van der Waals surface area contributed by atoms with Crippen molar-refractivity contribution in [1.29, 1.82) is 0 Å². The van der Waals surface area contributed by atoms with E-state index in [1.54, 1.807) is 17.7 Å². The summed E-state index contributed by atoms with van der Waals surface area (Å²) in [6, 6.07) is 31.9. The highest BCUT2D eigenvalue weighted by Crippen LogP contribution is 2.32. The SMILES string of the molecule is COc1ccc(Cn2c(N3CCN(c4cccc(C(F)(F)F)c4)CC3)cc(=O)n(Cc3ccc(-c4ccccc4)cc3)c2=O)cc1. The molecule has 0 spiro atoms. The molecule has 236 valence electrons. The Morgan fingerprint density at radius 1 is 0.652 bits per heavy atom. The fourth-order valence-corrected chi connectivity index (χ4v) is 5.76. The van der Waals surface area contributed by atoms with Crippen LogP contribution in [0.1, 0.15) is 16.7 Å². The number of halogens is 3. The molecule has 1 fully saturated rings. The minimum atomic E-state index is -4.43. The van der Waals surface area contributed by atoms with E-state index in [4.69, 9.17) is 4.74 Å². The van der Waals surface area contributed by atoms with Gasteiger partial charge in [-0.1, -0.05) is 72.8 Å². The van der Waals surface area contributed by atoms with Crippen LogP contribution in [0.4, 0.5) is 24.7 Å². The minimum Gasteiger partial charge on any atom is -0.497 e. The Labute approximate surface area is 264 Å². The number of hydrogen-bond donors (Lipinski definition) is 0. The first kappa shape index (κ1) is 30.8. The van der Waals surface area contributed by atoms with Crippen LogP contribution in [-0.2, 0) is 19.3 Å². The molecule has 6 rings (SSSR count). The molecule has 4 aromatic carbocycles. The molecule has 0 amide bonds. The van der Waals surface area contributed by atoms with Crippen LogP contribution in [0.2, 0.25) is 0 Å². The van der Waals surface area contributed by atoms with Crippen LogP contribution in [0.3, 0.4) is 0 Å². The highest BCUT2D eigenvalue weighted by Gasteiger charge is 2.31. The van der Waals surface area contributed by atoms with Crippen molar-refractivity contribution in [2.24, 2.45) is 0 Å². The Kier molecular flexibility index (Phi) is 8.70. The molecule has 1 aliphatic heterocycles. The Balaban J connectivity index is 1.29. The maximum absolute atomic E-state index is 14.0. The van der Waals surface area contributed by atoms with Crippen molar-refractivity contribution in [3.63, 3.8) is 0 Å². The normalized spacial score (nSPS) is 13.6. The molecule has 0 N–H and O–H groups in total. The average molecular weight is 627 g/mol. The number of hydrogen-bond acceptors (Lipinski definition) is 5. The van der Waals surface area contributed by atoms with E-state index in [1.807, 2.05) is 88.7 Å². The quantitative estimate of drug-likeness (QED) is 0.208. The molecule has 0 unspecified atom stereocenters. The molecule has 0 radical (unpaired) electrons. The van der Waals surface area contributed by atoms with E-state index in [0.717, 1.165) is 34.4 Å². The van der Waals surface area contributed by atoms with E-state index in [0.29, 0.717) is 43.4 Å². The summed E-state index contributed by atoms with van der Waals surface area (Å²) in [7, 11) is 1.58. The fourth-order valence-electron chi connectivity index (χ4n) is 5.76. The van der Waals surface area contributed by atoms with Gasteiger partial charge in [0.1, 0.15) is 11.6 Å². The zero-order chi connectivity index (χ0) is 32.3. The van der Waals surface area contributed by atoms with Crippen LogP contribution in [0, 0.1) is 0 Å². The molecule has 1 aromatic heterocycles. The van der Waals surface area contributed by atoms with Crippen LogP contribution < -0.4 is 25.8 Å². The van der Waals surface area contributed by atoms with E-state index in [1.165, 1.54) is 16.7 Å². The van der Waals surface area contributed by atoms with Gasteiger partial charge >= 0.3 is 11.9 Å². The predicted octanol–water partition coefficient (Wildman–Crippen LogP) is 6.13. The van der Waals surface area contributed by atoms with E-state index >= 15 is 0 Å². The van der Waals surface area contributed by atoms with Gasteiger partial charge in [0.2, 0.25) is 0 Å². The number of anilines is 2. The lowest BCUT2D eigenvalue weighted by Crippen LogP contribution is -2.50. The Hall–Kier alpha value is -5.25. The number of ether oxygens (including phenoxy) is 1. The molecule has 0 bridgehead atoms. The predicted molar refractivity (Wildman–Crippen MR) is 174 cm³/mol. The summed E-state index contributed by atoms with van der Waals surface area (Å²) in [6.07, 6.45) is -4.43. The van der Waals surface area contributed by atoms with Gasteiger partial charge in [-0.15, -0.1) is 0 Å². The smallest absolute Gasteiger partial charge is 0.416 e. The van der Waals surface area contributed by atoms with Crippen molar-refractivity contribution < 1.29 is 17.9 Å². The van der Waals surface area contributed by atoms with Crippen LogP contribution in [0.5, 0.6) is 5.75 Å². The van der Waals surface area contributed by atoms with Gasteiger partial charge < -0.3 is 14.5 Å². The van der Waals surface area contributed by atoms with Crippen LogP contribution in [-0.4, -0.2) is 42.4 Å². The van der Waals surface area contributed by atoms with Gasteiger partial charge in [0.15, 0.2) is 0 Å². The number of alkyl halides is 3. The zero-order valence-corrected chi connectivity index (χ0v) is 25.3. The molecular weight excluding hydrogens is 593 g/mol. The molecule has 0 aliphatic carbocycles. The summed E-state index contributed by atoms with van der Waals surface area (Å²) in [6.45, 7) is 2.02. The van der Waals surface area contributed by atoms with Crippen molar-refractivity contribution in [1.82, 2.24) is 9.13 Å². The van der Waals surface area contributed by atoms with Gasteiger partial charge in [0.05, 0.1) is 25.8 Å². The van der Waals surface area contributed by atoms with Crippen molar-refractivity contribution in [2.75, 3.05) is 43.1 Å². The lowest BCUT2D eigenvalue weighted by atomic mass is 10.0. The van der Waals surface area contributed by atoms with Crippen molar-refractivity contribution >= 4 is 11.5 Å². The topological polar surface area (TPSA) is 59.7 Å². The maximum atomic E-state index is 14.0. The summed E-state index contributed by atoms with van der Waals surface area (Å²) < 4.78 is 48.1. The number of piperazine rings is 1.